The first-order valence-electron chi connectivity index (χ1n) is 7.84. The Morgan fingerprint density at radius 1 is 1.17 bits per heavy atom. The van der Waals surface area contributed by atoms with Gasteiger partial charge in [0.05, 0.1) is 31.4 Å². The molecular formula is C18H27BrO4P-. The molecule has 1 atom stereocenters. The van der Waals surface area contributed by atoms with E-state index in [1.807, 2.05) is 0 Å². The molecule has 0 amide bonds. The van der Waals surface area contributed by atoms with Crippen molar-refractivity contribution in [2.75, 3.05) is 27.5 Å². The van der Waals surface area contributed by atoms with Crippen LogP contribution >= 0.6 is 24.1 Å². The van der Waals surface area contributed by atoms with Crippen LogP contribution in [0.3, 0.4) is 0 Å². The molecule has 0 N–H and O–H groups in total. The molecule has 1 aromatic rings. The molecule has 6 heteroatoms. The molecule has 4 nitrogen and oxygen atoms in total. The molecule has 0 saturated carbocycles. The van der Waals surface area contributed by atoms with Crippen LogP contribution in [-0.4, -0.2) is 33.0 Å². The summed E-state index contributed by atoms with van der Waals surface area (Å²) in [5, 5.41) is 12.8. The molecule has 1 aromatic carbocycles. The first kappa shape index (κ1) is 21.3. The minimum Gasteiger partial charge on any atom is -0.823 e. The van der Waals surface area contributed by atoms with E-state index in [0.717, 1.165) is 20.8 Å². The summed E-state index contributed by atoms with van der Waals surface area (Å²) in [4.78, 5) is 0. The third kappa shape index (κ3) is 5.65. The number of methoxy groups -OCH3 is 3. The summed E-state index contributed by atoms with van der Waals surface area (Å²) in [5.74, 6) is 1.86. The Bertz CT molecular complexity index is 594. The van der Waals surface area contributed by atoms with Crippen LogP contribution in [0.4, 0.5) is 0 Å². The lowest BCUT2D eigenvalue weighted by Gasteiger charge is -2.24. The zero-order valence-corrected chi connectivity index (χ0v) is 18.0. The van der Waals surface area contributed by atoms with Crippen LogP contribution < -0.4 is 19.3 Å². The predicted octanol–water partition coefficient (Wildman–Crippen LogP) is 4.33. The molecule has 0 bridgehead atoms. The van der Waals surface area contributed by atoms with Crippen LogP contribution in [0.5, 0.6) is 17.2 Å². The lowest BCUT2D eigenvalue weighted by atomic mass is 9.86. The second-order valence-corrected chi connectivity index (χ2v) is 8.96. The summed E-state index contributed by atoms with van der Waals surface area (Å²) < 4.78 is 16.8. The van der Waals surface area contributed by atoms with Crippen LogP contribution in [0, 0.1) is 11.3 Å². The highest BCUT2D eigenvalue weighted by Gasteiger charge is 2.19. The summed E-state index contributed by atoms with van der Waals surface area (Å²) >= 11 is 3.43. The molecule has 0 spiro atoms. The molecule has 1 unspecified atom stereocenters. The first-order valence-corrected chi connectivity index (χ1v) is 9.72. The maximum absolute atomic E-state index is 12.8. The first-order chi connectivity index (χ1) is 11.1. The van der Waals surface area contributed by atoms with Gasteiger partial charge in [0.15, 0.2) is 11.5 Å². The largest absolute Gasteiger partial charge is 0.823 e. The molecule has 0 fully saturated rings. The van der Waals surface area contributed by atoms with Crippen LogP contribution in [-0.2, 0) is 0 Å². The third-order valence-corrected chi connectivity index (χ3v) is 5.41. The molecule has 0 aromatic heterocycles. The van der Waals surface area contributed by atoms with Gasteiger partial charge in [0.25, 0.3) is 0 Å². The molecule has 0 aliphatic rings. The normalized spacial score (nSPS) is 13.6. The monoisotopic (exact) mass is 417 g/mol. The van der Waals surface area contributed by atoms with Crippen LogP contribution in [0.15, 0.2) is 10.5 Å². The summed E-state index contributed by atoms with van der Waals surface area (Å²) in [6, 6.07) is 1.74. The van der Waals surface area contributed by atoms with Gasteiger partial charge in [0.2, 0.25) is 0 Å². The fourth-order valence-electron chi connectivity index (χ4n) is 2.77. The molecule has 0 aliphatic heterocycles. The van der Waals surface area contributed by atoms with Gasteiger partial charge in [-0.2, -0.15) is 0 Å². The summed E-state index contributed by atoms with van der Waals surface area (Å²) in [6.45, 7) is 8.83. The van der Waals surface area contributed by atoms with Gasteiger partial charge < -0.3 is 19.3 Å². The summed E-state index contributed by atoms with van der Waals surface area (Å²) in [7, 11) is 5.35. The smallest absolute Gasteiger partial charge is 0.171 e. The van der Waals surface area contributed by atoms with Crippen molar-refractivity contribution in [1.82, 2.24) is 0 Å². The highest BCUT2D eigenvalue weighted by atomic mass is 79.9. The molecule has 0 saturated heterocycles. The second-order valence-electron chi connectivity index (χ2n) is 7.02. The van der Waals surface area contributed by atoms with Crippen LogP contribution in [0.2, 0.25) is 0 Å². The summed E-state index contributed by atoms with van der Waals surface area (Å²) in [6.07, 6.45) is 1.88. The Labute approximate surface area is 155 Å². The lowest BCUT2D eigenvalue weighted by Crippen LogP contribution is -2.20. The maximum atomic E-state index is 12.8. The number of ether oxygens (including phenoxy) is 3. The van der Waals surface area contributed by atoms with E-state index in [2.05, 4.69) is 43.6 Å². The third-order valence-electron chi connectivity index (χ3n) is 3.50. The van der Waals surface area contributed by atoms with E-state index < -0.39 is 0 Å². The fourth-order valence-corrected chi connectivity index (χ4v) is 4.30. The van der Waals surface area contributed by atoms with E-state index in [1.54, 1.807) is 20.3 Å². The standard InChI is InChI=1S/C18H28BrO4P/c1-11(9-18(2,3)4)10-24-17(20)14-15(22-6)12(19)8-13(21-5)16(14)23-7/h8,11,20H,9-10H2,1-7H3/p-1. The number of rotatable bonds is 7. The topological polar surface area (TPSA) is 50.8 Å². The van der Waals surface area contributed by atoms with Crippen LogP contribution in [0.25, 0.3) is 0 Å². The van der Waals surface area contributed by atoms with Crippen molar-refractivity contribution < 1.29 is 19.3 Å². The van der Waals surface area contributed by atoms with Gasteiger partial charge in [-0.05, 0) is 39.8 Å². The summed E-state index contributed by atoms with van der Waals surface area (Å²) in [5.41, 5.74) is 0.659. The van der Waals surface area contributed by atoms with E-state index >= 15 is 0 Å². The predicted molar refractivity (Wildman–Crippen MR) is 103 cm³/mol. The molecule has 0 aliphatic carbocycles. The molecule has 0 radical (unpaired) electrons. The molecule has 0 heterocycles. The molecular weight excluding hydrogens is 391 g/mol. The van der Waals surface area contributed by atoms with Gasteiger partial charge in [-0.1, -0.05) is 27.7 Å². The Hall–Kier alpha value is -0.770. The molecule has 24 heavy (non-hydrogen) atoms. The van der Waals surface area contributed by atoms with Crippen molar-refractivity contribution >= 4 is 29.6 Å². The second kappa shape index (κ2) is 9.07. The lowest BCUT2D eigenvalue weighted by molar-refractivity contribution is -0.207. The van der Waals surface area contributed by atoms with Gasteiger partial charge in [0, 0.05) is 6.07 Å². The molecule has 1 rings (SSSR count). The van der Waals surface area contributed by atoms with E-state index in [9.17, 15) is 5.11 Å². The van der Waals surface area contributed by atoms with Crippen molar-refractivity contribution in [3.8, 4) is 17.2 Å². The fraction of sp³-hybridized carbons (Fsp3) is 0.611. The number of hydrogen-bond acceptors (Lipinski definition) is 4. The Kier molecular flexibility index (Phi) is 8.04. The zero-order valence-electron chi connectivity index (χ0n) is 15.5. The van der Waals surface area contributed by atoms with E-state index in [-0.39, 0.29) is 10.9 Å². The van der Waals surface area contributed by atoms with E-state index in [4.69, 9.17) is 14.2 Å². The van der Waals surface area contributed by atoms with E-state index in [1.165, 1.54) is 7.11 Å². The van der Waals surface area contributed by atoms with Crippen molar-refractivity contribution in [1.29, 1.82) is 0 Å². The average Bonchev–Trinajstić information content (AvgIpc) is 2.49. The highest BCUT2D eigenvalue weighted by Crippen LogP contribution is 2.43. The van der Waals surface area contributed by atoms with Gasteiger partial charge in [0.1, 0.15) is 5.75 Å². The van der Waals surface area contributed by atoms with Gasteiger partial charge in [-0.15, -0.1) is 13.7 Å². The van der Waals surface area contributed by atoms with Gasteiger partial charge >= 0.3 is 0 Å². The Morgan fingerprint density at radius 3 is 2.21 bits per heavy atom. The Balaban J connectivity index is 3.23. The highest BCUT2D eigenvalue weighted by molar-refractivity contribution is 9.10. The minimum absolute atomic E-state index is 0.0240. The van der Waals surface area contributed by atoms with Crippen molar-refractivity contribution in [3.63, 3.8) is 0 Å². The molecule has 136 valence electrons. The SMILES string of the molecule is COc1cc(Br)c(OC)c(C([O-])=PCC(C)CC(C)(C)C)c1OC. The minimum atomic E-state index is -0.0240. The number of hydrogen-bond donors (Lipinski definition) is 0. The average molecular weight is 418 g/mol. The van der Waals surface area contributed by atoms with Crippen molar-refractivity contribution in [2.45, 2.75) is 34.1 Å². The van der Waals surface area contributed by atoms with Crippen molar-refractivity contribution in [3.05, 3.63) is 16.1 Å². The zero-order chi connectivity index (χ0) is 18.5. The van der Waals surface area contributed by atoms with Gasteiger partial charge in [-0.25, -0.2) is 0 Å². The number of benzene rings is 1. The number of halogens is 1. The van der Waals surface area contributed by atoms with Crippen LogP contribution in [0.1, 0.15) is 39.7 Å². The van der Waals surface area contributed by atoms with E-state index in [0.29, 0.717) is 33.2 Å². The van der Waals surface area contributed by atoms with Gasteiger partial charge in [-0.3, -0.25) is 0 Å². The maximum Gasteiger partial charge on any atom is 0.171 e. The Morgan fingerprint density at radius 2 is 1.75 bits per heavy atom. The quantitative estimate of drug-likeness (QED) is 0.619. The van der Waals surface area contributed by atoms with Crippen molar-refractivity contribution in [2.24, 2.45) is 11.3 Å².